The number of imidazole rings is 1. The summed E-state index contributed by atoms with van der Waals surface area (Å²) in [7, 11) is 0. The molecule has 2 aromatic carbocycles. The van der Waals surface area contributed by atoms with Crippen LogP contribution in [0.5, 0.6) is 5.75 Å². The van der Waals surface area contributed by atoms with Crippen LogP contribution in [0, 0.1) is 5.82 Å². The Morgan fingerprint density at radius 3 is 2.67 bits per heavy atom. The molecule has 0 aliphatic carbocycles. The fourth-order valence-electron chi connectivity index (χ4n) is 5.71. The van der Waals surface area contributed by atoms with Gasteiger partial charge in [0.15, 0.2) is 11.5 Å². The molecule has 212 valence electrons. The van der Waals surface area contributed by atoms with Crippen LogP contribution in [0.15, 0.2) is 85.7 Å². The minimum Gasteiger partial charge on any atom is -0.458 e. The van der Waals surface area contributed by atoms with Crippen molar-refractivity contribution >= 4 is 17.1 Å². The van der Waals surface area contributed by atoms with Crippen LogP contribution in [0.4, 0.5) is 8.78 Å². The van der Waals surface area contributed by atoms with Gasteiger partial charge in [0.25, 0.3) is 6.36 Å². The highest BCUT2D eigenvalue weighted by Crippen LogP contribution is 2.41. The van der Waals surface area contributed by atoms with Gasteiger partial charge in [-0.3, -0.25) is 9.36 Å². The third-order valence-corrected chi connectivity index (χ3v) is 7.83. The molecule has 0 saturated carbocycles. The molecular weight excluding hydrogens is 540 g/mol. The molecule has 1 amide bonds. The number of halogens is 2. The van der Waals surface area contributed by atoms with Crippen LogP contribution in [-0.4, -0.2) is 60.6 Å². The molecule has 9 nitrogen and oxygen atoms in total. The Hall–Kier alpha value is -4.90. The Bertz CT molecular complexity index is 1790. The number of aromatic nitrogens is 5. The van der Waals surface area contributed by atoms with E-state index in [-0.39, 0.29) is 11.9 Å². The van der Waals surface area contributed by atoms with Gasteiger partial charge in [0.1, 0.15) is 28.9 Å². The summed E-state index contributed by atoms with van der Waals surface area (Å²) in [6, 6.07) is 16.6. The van der Waals surface area contributed by atoms with Crippen molar-refractivity contribution in [3.8, 4) is 28.6 Å². The van der Waals surface area contributed by atoms with Crippen molar-refractivity contribution in [2.45, 2.75) is 31.3 Å². The van der Waals surface area contributed by atoms with Gasteiger partial charge in [0.05, 0.1) is 11.3 Å². The Kier molecular flexibility index (Phi) is 6.50. The molecule has 3 aromatic heterocycles. The highest BCUT2D eigenvalue weighted by molar-refractivity contribution is 5.87. The number of carbonyl (C=O) groups is 1. The van der Waals surface area contributed by atoms with Gasteiger partial charge in [0, 0.05) is 43.2 Å². The largest absolute Gasteiger partial charge is 0.458 e. The number of nitrogens with one attached hydrogen (secondary N) is 1. The first-order valence-corrected chi connectivity index (χ1v) is 13.8. The molecule has 5 heterocycles. The summed E-state index contributed by atoms with van der Waals surface area (Å²) in [5, 5.41) is 7.67. The molecule has 0 spiro atoms. The van der Waals surface area contributed by atoms with Crippen LogP contribution in [0.1, 0.15) is 24.4 Å². The first-order valence-electron chi connectivity index (χ1n) is 13.8. The smallest absolute Gasteiger partial charge is 0.257 e. The minimum atomic E-state index is -1.59. The number of rotatable bonds is 6. The van der Waals surface area contributed by atoms with Gasteiger partial charge in [-0.05, 0) is 55.3 Å². The summed E-state index contributed by atoms with van der Waals surface area (Å²) < 4.78 is 39.4. The quantitative estimate of drug-likeness (QED) is 0.294. The summed E-state index contributed by atoms with van der Waals surface area (Å²) in [5.41, 5.74) is 2.66. The second-order valence-corrected chi connectivity index (χ2v) is 10.4. The average Bonchev–Trinajstić information content (AvgIpc) is 3.75. The molecular formula is C31H27F2N7O2. The van der Waals surface area contributed by atoms with Gasteiger partial charge in [-0.1, -0.05) is 24.8 Å². The van der Waals surface area contributed by atoms with Crippen LogP contribution in [0.25, 0.3) is 34.1 Å². The van der Waals surface area contributed by atoms with Gasteiger partial charge in [-0.2, -0.15) is 9.49 Å². The van der Waals surface area contributed by atoms with Crippen molar-refractivity contribution in [2.24, 2.45) is 0 Å². The number of amides is 1. The van der Waals surface area contributed by atoms with Crippen molar-refractivity contribution in [1.82, 2.24) is 34.5 Å². The van der Waals surface area contributed by atoms with Crippen molar-refractivity contribution < 1.29 is 18.3 Å². The van der Waals surface area contributed by atoms with E-state index in [2.05, 4.69) is 17.0 Å². The molecule has 2 atom stereocenters. The lowest BCUT2D eigenvalue weighted by atomic mass is 10.0. The summed E-state index contributed by atoms with van der Waals surface area (Å²) in [5.74, 6) is 0.805. The summed E-state index contributed by atoms with van der Waals surface area (Å²) in [4.78, 5) is 23.2. The van der Waals surface area contributed by atoms with E-state index in [4.69, 9.17) is 14.7 Å². The fourth-order valence-corrected chi connectivity index (χ4v) is 5.71. The molecule has 5 aromatic rings. The molecule has 2 aliphatic rings. The number of hydrogen-bond donors (Lipinski definition) is 1. The first-order chi connectivity index (χ1) is 20.5. The number of pyridine rings is 1. The zero-order valence-electron chi connectivity index (χ0n) is 22.5. The Morgan fingerprint density at radius 2 is 1.90 bits per heavy atom. The van der Waals surface area contributed by atoms with Gasteiger partial charge in [-0.25, -0.2) is 19.0 Å². The lowest BCUT2D eigenvalue weighted by molar-refractivity contribution is -0.127. The molecule has 1 fully saturated rings. The minimum absolute atomic E-state index is 0.0338. The number of carbonyl (C=O) groups excluding carboxylic acids is 1. The van der Waals surface area contributed by atoms with Crippen LogP contribution in [0.2, 0.25) is 0 Å². The SMILES string of the molecule is C=CC(=O)N1CCC(NC2c3ccc(-n4c(-c5ccccc5F)nc5ccc(-n6cccn6)nc54)cc3OC2F)CC1. The van der Waals surface area contributed by atoms with Gasteiger partial charge < -0.3 is 15.0 Å². The molecule has 0 radical (unpaired) electrons. The van der Waals surface area contributed by atoms with E-state index in [0.717, 1.165) is 0 Å². The van der Waals surface area contributed by atoms with Gasteiger partial charge in [-0.15, -0.1) is 0 Å². The predicted octanol–water partition coefficient (Wildman–Crippen LogP) is 4.91. The number of fused-ring (bicyclic) bond motifs is 2. The standard InChI is InChI=1S/C31H27F2N7O2/c1-2-27(41)38-16-12-19(13-17-38)35-28-22-9-8-20(18-25(22)42-29(28)33)40-30(21-6-3-4-7-23(21)32)36-24-10-11-26(37-31(24)40)39-15-5-14-34-39/h2-11,14-15,18-19,28-29,35H,1,12-13,16-17H2. The Morgan fingerprint density at radius 1 is 1.07 bits per heavy atom. The normalized spacial score (nSPS) is 18.7. The third kappa shape index (κ3) is 4.51. The van der Waals surface area contributed by atoms with Crippen LogP contribution >= 0.6 is 0 Å². The number of benzene rings is 2. The zero-order chi connectivity index (χ0) is 28.8. The number of likely N-dealkylation sites (tertiary alicyclic amines) is 1. The van der Waals surface area contributed by atoms with E-state index in [1.165, 1.54) is 12.1 Å². The Labute approximate surface area is 240 Å². The second-order valence-electron chi connectivity index (χ2n) is 10.4. The molecule has 2 aliphatic heterocycles. The molecule has 1 saturated heterocycles. The number of piperidine rings is 1. The highest BCUT2D eigenvalue weighted by Gasteiger charge is 2.37. The van der Waals surface area contributed by atoms with E-state index in [1.54, 1.807) is 62.9 Å². The molecule has 1 N–H and O–H groups in total. The first kappa shape index (κ1) is 26.0. The second kappa shape index (κ2) is 10.5. The van der Waals surface area contributed by atoms with E-state index < -0.39 is 18.2 Å². The van der Waals surface area contributed by atoms with Crippen molar-refractivity contribution in [1.29, 1.82) is 0 Å². The van der Waals surface area contributed by atoms with Gasteiger partial charge in [0.2, 0.25) is 5.91 Å². The average molecular weight is 568 g/mol. The summed E-state index contributed by atoms with van der Waals surface area (Å²) in [6.45, 7) is 4.72. The number of nitrogens with zero attached hydrogens (tertiary/aromatic N) is 6. The summed E-state index contributed by atoms with van der Waals surface area (Å²) in [6.07, 6.45) is 4.58. The monoisotopic (exact) mass is 567 g/mol. The lowest BCUT2D eigenvalue weighted by Crippen LogP contribution is -2.46. The van der Waals surface area contributed by atoms with Crippen molar-refractivity contribution in [3.05, 3.63) is 97.1 Å². The maximum Gasteiger partial charge on any atom is 0.257 e. The summed E-state index contributed by atoms with van der Waals surface area (Å²) >= 11 is 0. The van der Waals surface area contributed by atoms with Gasteiger partial charge >= 0.3 is 0 Å². The maximum atomic E-state index is 15.3. The highest BCUT2D eigenvalue weighted by atomic mass is 19.1. The molecule has 42 heavy (non-hydrogen) atoms. The third-order valence-electron chi connectivity index (χ3n) is 7.83. The van der Waals surface area contributed by atoms with Crippen molar-refractivity contribution in [3.63, 3.8) is 0 Å². The maximum absolute atomic E-state index is 15.3. The molecule has 11 heteroatoms. The van der Waals surface area contributed by atoms with E-state index >= 15 is 8.78 Å². The van der Waals surface area contributed by atoms with E-state index in [1.807, 2.05) is 18.2 Å². The molecule has 2 unspecified atom stereocenters. The molecule has 0 bridgehead atoms. The topological polar surface area (TPSA) is 90.1 Å². The Balaban J connectivity index is 1.26. The van der Waals surface area contributed by atoms with Crippen LogP contribution in [0.3, 0.4) is 0 Å². The zero-order valence-corrected chi connectivity index (χ0v) is 22.5. The van der Waals surface area contributed by atoms with Crippen molar-refractivity contribution in [2.75, 3.05) is 13.1 Å². The van der Waals surface area contributed by atoms with Crippen LogP contribution in [-0.2, 0) is 4.79 Å². The number of alkyl halides is 1. The fraction of sp³-hybridized carbons (Fsp3) is 0.226. The van der Waals surface area contributed by atoms with E-state index in [0.29, 0.717) is 71.3 Å². The molecule has 7 rings (SSSR count). The van der Waals surface area contributed by atoms with Crippen LogP contribution < -0.4 is 10.1 Å². The number of ether oxygens (including phenoxy) is 1. The van der Waals surface area contributed by atoms with E-state index in [9.17, 15) is 4.79 Å². The number of hydrogen-bond acceptors (Lipinski definition) is 6. The predicted molar refractivity (Wildman–Crippen MR) is 153 cm³/mol. The lowest BCUT2D eigenvalue weighted by Gasteiger charge is -2.33.